The van der Waals surface area contributed by atoms with Crippen molar-refractivity contribution in [1.82, 2.24) is 15.3 Å². The highest BCUT2D eigenvalue weighted by Crippen LogP contribution is 2.33. The van der Waals surface area contributed by atoms with Crippen LogP contribution in [0.4, 0.5) is 8.78 Å². The van der Waals surface area contributed by atoms with E-state index in [9.17, 15) is 13.6 Å². The van der Waals surface area contributed by atoms with Crippen LogP contribution in [0.25, 0.3) is 0 Å². The van der Waals surface area contributed by atoms with Gasteiger partial charge in [0.15, 0.2) is 0 Å². The van der Waals surface area contributed by atoms with Gasteiger partial charge in [-0.1, -0.05) is 12.1 Å². The SMILES string of the molecule is O=C(O)c1ccc([C@@H]2CC(c3cnc(C(F)F)cn3)CCN2)cc1. The van der Waals surface area contributed by atoms with Gasteiger partial charge in [0.05, 0.1) is 17.5 Å². The largest absolute Gasteiger partial charge is 0.478 e. The normalized spacial score (nSPS) is 21.0. The number of alkyl halides is 2. The predicted octanol–water partition coefficient (Wildman–Crippen LogP) is 3.32. The molecule has 0 saturated carbocycles. The standard InChI is InChI=1S/C17H17F2N3O2/c18-16(19)15-9-21-14(8-22-15)12-5-6-20-13(7-12)10-1-3-11(4-2-10)17(23)24/h1-4,8-9,12-13,16,20H,5-7H2,(H,23,24)/t12?,13-/m0/s1. The van der Waals surface area contributed by atoms with Crippen molar-refractivity contribution >= 4 is 5.97 Å². The maximum Gasteiger partial charge on any atom is 0.335 e. The molecule has 0 amide bonds. The molecule has 0 radical (unpaired) electrons. The summed E-state index contributed by atoms with van der Waals surface area (Å²) in [4.78, 5) is 18.8. The number of aromatic nitrogens is 2. The van der Waals surface area contributed by atoms with Gasteiger partial charge >= 0.3 is 5.97 Å². The first-order valence-electron chi connectivity index (χ1n) is 7.71. The molecule has 7 heteroatoms. The zero-order chi connectivity index (χ0) is 17.1. The van der Waals surface area contributed by atoms with Gasteiger partial charge in [-0.3, -0.25) is 9.97 Å². The summed E-state index contributed by atoms with van der Waals surface area (Å²) in [5.41, 5.74) is 1.66. The van der Waals surface area contributed by atoms with Gasteiger partial charge in [0.1, 0.15) is 5.69 Å². The second-order valence-electron chi connectivity index (χ2n) is 5.82. The van der Waals surface area contributed by atoms with Crippen LogP contribution in [0, 0.1) is 0 Å². The number of carboxylic acids is 1. The smallest absolute Gasteiger partial charge is 0.335 e. The molecule has 2 N–H and O–H groups in total. The molecule has 1 aromatic carbocycles. The highest BCUT2D eigenvalue weighted by molar-refractivity contribution is 5.87. The molecule has 0 aliphatic carbocycles. The number of carbonyl (C=O) groups is 1. The first kappa shape index (κ1) is 16.4. The van der Waals surface area contributed by atoms with Crippen LogP contribution in [0.15, 0.2) is 36.7 Å². The number of hydrogen-bond donors (Lipinski definition) is 2. The van der Waals surface area contributed by atoms with Crippen molar-refractivity contribution in [2.75, 3.05) is 6.54 Å². The molecule has 0 bridgehead atoms. The van der Waals surface area contributed by atoms with Gasteiger partial charge in [0.25, 0.3) is 6.43 Å². The molecular weight excluding hydrogens is 316 g/mol. The zero-order valence-electron chi connectivity index (χ0n) is 12.8. The third-order valence-electron chi connectivity index (χ3n) is 4.30. The Balaban J connectivity index is 1.72. The van der Waals surface area contributed by atoms with Crippen molar-refractivity contribution in [3.8, 4) is 0 Å². The summed E-state index contributed by atoms with van der Waals surface area (Å²) in [6.45, 7) is 0.772. The molecule has 126 valence electrons. The molecule has 0 spiro atoms. The number of rotatable bonds is 4. The molecule has 2 atom stereocenters. The summed E-state index contributed by atoms with van der Waals surface area (Å²) in [5.74, 6) is -0.819. The van der Waals surface area contributed by atoms with E-state index in [1.807, 2.05) is 0 Å². The Morgan fingerprint density at radius 2 is 1.96 bits per heavy atom. The highest BCUT2D eigenvalue weighted by Gasteiger charge is 2.25. The van der Waals surface area contributed by atoms with Gasteiger partial charge in [-0.2, -0.15) is 0 Å². The molecule has 24 heavy (non-hydrogen) atoms. The summed E-state index contributed by atoms with van der Waals surface area (Å²) in [6, 6.07) is 6.84. The van der Waals surface area contributed by atoms with Gasteiger partial charge in [0, 0.05) is 18.2 Å². The van der Waals surface area contributed by atoms with Gasteiger partial charge in [-0.25, -0.2) is 13.6 Å². The first-order valence-corrected chi connectivity index (χ1v) is 7.71. The maximum atomic E-state index is 12.6. The van der Waals surface area contributed by atoms with Crippen LogP contribution in [-0.4, -0.2) is 27.6 Å². The van der Waals surface area contributed by atoms with Crippen LogP contribution in [-0.2, 0) is 0 Å². The maximum absolute atomic E-state index is 12.6. The monoisotopic (exact) mass is 333 g/mol. The summed E-state index contributed by atoms with van der Waals surface area (Å²) >= 11 is 0. The van der Waals surface area contributed by atoms with Gasteiger partial charge in [0.2, 0.25) is 0 Å². The van der Waals surface area contributed by atoms with E-state index in [2.05, 4.69) is 15.3 Å². The topological polar surface area (TPSA) is 75.1 Å². The lowest BCUT2D eigenvalue weighted by Gasteiger charge is -2.30. The van der Waals surface area contributed by atoms with Crippen LogP contribution >= 0.6 is 0 Å². The number of carboxylic acid groups (broad SMARTS) is 1. The Hall–Kier alpha value is -2.41. The number of aromatic carboxylic acids is 1. The van der Waals surface area contributed by atoms with Gasteiger partial charge < -0.3 is 10.4 Å². The predicted molar refractivity (Wildman–Crippen MR) is 83.1 cm³/mol. The quantitative estimate of drug-likeness (QED) is 0.898. The molecular formula is C17H17F2N3O2. The zero-order valence-corrected chi connectivity index (χ0v) is 12.8. The van der Waals surface area contributed by atoms with E-state index in [0.29, 0.717) is 5.69 Å². The minimum absolute atomic E-state index is 0.0724. The summed E-state index contributed by atoms with van der Waals surface area (Å²) in [5, 5.41) is 12.4. The lowest BCUT2D eigenvalue weighted by Crippen LogP contribution is -2.31. The second-order valence-corrected chi connectivity index (χ2v) is 5.82. The number of hydrogen-bond acceptors (Lipinski definition) is 4. The number of benzene rings is 1. The molecule has 1 fully saturated rings. The molecule has 3 rings (SSSR count). The molecule has 5 nitrogen and oxygen atoms in total. The van der Waals surface area contributed by atoms with Crippen LogP contribution in [0.1, 0.15) is 58.5 Å². The van der Waals surface area contributed by atoms with E-state index in [0.717, 1.165) is 31.1 Å². The number of nitrogens with one attached hydrogen (secondary N) is 1. The molecule has 1 aliphatic rings. The van der Waals surface area contributed by atoms with Crippen molar-refractivity contribution < 1.29 is 18.7 Å². The molecule has 1 unspecified atom stereocenters. The first-order chi connectivity index (χ1) is 11.5. The molecule has 1 aromatic heterocycles. The number of halogens is 2. The van der Waals surface area contributed by atoms with E-state index in [4.69, 9.17) is 5.11 Å². The van der Waals surface area contributed by atoms with E-state index in [1.165, 1.54) is 6.20 Å². The van der Waals surface area contributed by atoms with Crippen molar-refractivity contribution in [2.24, 2.45) is 0 Å². The van der Waals surface area contributed by atoms with E-state index in [1.54, 1.807) is 24.3 Å². The third-order valence-corrected chi connectivity index (χ3v) is 4.30. The van der Waals surface area contributed by atoms with Crippen LogP contribution in [0.3, 0.4) is 0 Å². The van der Waals surface area contributed by atoms with Gasteiger partial charge in [-0.15, -0.1) is 0 Å². The van der Waals surface area contributed by atoms with Gasteiger partial charge in [-0.05, 0) is 37.1 Å². The fourth-order valence-electron chi connectivity index (χ4n) is 2.97. The Kier molecular flexibility index (Phi) is 4.80. The fourth-order valence-corrected chi connectivity index (χ4v) is 2.97. The van der Waals surface area contributed by atoms with Crippen LogP contribution < -0.4 is 5.32 Å². The van der Waals surface area contributed by atoms with E-state index in [-0.39, 0.29) is 23.2 Å². The fraction of sp³-hybridized carbons (Fsp3) is 0.353. The molecule has 2 heterocycles. The minimum atomic E-state index is -2.61. The van der Waals surface area contributed by atoms with E-state index >= 15 is 0 Å². The average Bonchev–Trinajstić information content (AvgIpc) is 2.62. The second kappa shape index (κ2) is 7.00. The van der Waals surface area contributed by atoms with Crippen molar-refractivity contribution in [3.63, 3.8) is 0 Å². The average molecular weight is 333 g/mol. The lowest BCUT2D eigenvalue weighted by molar-refractivity contribution is 0.0697. The Morgan fingerprint density at radius 1 is 1.21 bits per heavy atom. The van der Waals surface area contributed by atoms with Crippen molar-refractivity contribution in [1.29, 1.82) is 0 Å². The number of piperidine rings is 1. The Labute approximate surface area is 137 Å². The summed E-state index contributed by atoms with van der Waals surface area (Å²) in [6.07, 6.45) is 1.57. The highest BCUT2D eigenvalue weighted by atomic mass is 19.3. The van der Waals surface area contributed by atoms with E-state index < -0.39 is 12.4 Å². The minimum Gasteiger partial charge on any atom is -0.478 e. The van der Waals surface area contributed by atoms with Crippen molar-refractivity contribution in [3.05, 3.63) is 59.2 Å². The Bertz CT molecular complexity index is 705. The molecule has 1 saturated heterocycles. The summed E-state index contributed by atoms with van der Waals surface area (Å²) in [7, 11) is 0. The molecule has 2 aromatic rings. The number of nitrogens with zero attached hydrogens (tertiary/aromatic N) is 2. The van der Waals surface area contributed by atoms with Crippen molar-refractivity contribution in [2.45, 2.75) is 31.2 Å². The molecule has 1 aliphatic heterocycles. The summed E-state index contributed by atoms with van der Waals surface area (Å²) < 4.78 is 25.1. The lowest BCUT2D eigenvalue weighted by atomic mass is 9.86. The van der Waals surface area contributed by atoms with Crippen LogP contribution in [0.2, 0.25) is 0 Å². The third kappa shape index (κ3) is 3.56. The van der Waals surface area contributed by atoms with Crippen LogP contribution in [0.5, 0.6) is 0 Å². The Morgan fingerprint density at radius 3 is 2.54 bits per heavy atom.